The number of aromatic nitrogens is 2. The number of rotatable bonds is 9. The van der Waals surface area contributed by atoms with Crippen LogP contribution in [0.5, 0.6) is 11.6 Å². The maximum Gasteiger partial charge on any atom is 0.276 e. The average molecular weight is 276 g/mol. The van der Waals surface area contributed by atoms with Gasteiger partial charge in [0.1, 0.15) is 0 Å². The standard InChI is InChI=1S/C16H24N2O2/c1-3-5-9-19-15-12-14(11-13-7-8-13)17-18-16(15)20-10-6-4-2/h11-12H,3-10H2,1-2H3. The van der Waals surface area contributed by atoms with Crippen molar-refractivity contribution < 1.29 is 9.47 Å². The van der Waals surface area contributed by atoms with E-state index in [0.717, 1.165) is 37.1 Å². The first-order valence-electron chi connectivity index (χ1n) is 7.66. The minimum absolute atomic E-state index is 0.521. The van der Waals surface area contributed by atoms with E-state index in [4.69, 9.17) is 9.47 Å². The Morgan fingerprint density at radius 3 is 2.40 bits per heavy atom. The van der Waals surface area contributed by atoms with Gasteiger partial charge in [-0.3, -0.25) is 0 Å². The Balaban J connectivity index is 2.04. The van der Waals surface area contributed by atoms with Crippen LogP contribution >= 0.6 is 0 Å². The molecule has 1 heterocycles. The summed E-state index contributed by atoms with van der Waals surface area (Å²) in [4.78, 5) is 0. The van der Waals surface area contributed by atoms with Crippen LogP contribution in [0.4, 0.5) is 0 Å². The topological polar surface area (TPSA) is 44.2 Å². The normalized spacial score (nSPS) is 13.2. The number of hydrogen-bond acceptors (Lipinski definition) is 4. The van der Waals surface area contributed by atoms with Gasteiger partial charge in [0.25, 0.3) is 5.88 Å². The third-order valence-electron chi connectivity index (χ3n) is 3.13. The second-order valence-corrected chi connectivity index (χ2v) is 5.15. The zero-order valence-corrected chi connectivity index (χ0v) is 12.5. The highest BCUT2D eigenvalue weighted by atomic mass is 16.5. The van der Waals surface area contributed by atoms with E-state index in [1.54, 1.807) is 0 Å². The highest BCUT2D eigenvalue weighted by Crippen LogP contribution is 2.31. The molecule has 0 spiro atoms. The van der Waals surface area contributed by atoms with Gasteiger partial charge < -0.3 is 9.47 Å². The molecule has 1 saturated carbocycles. The molecule has 4 nitrogen and oxygen atoms in total. The van der Waals surface area contributed by atoms with Crippen molar-refractivity contribution in [3.63, 3.8) is 0 Å². The van der Waals surface area contributed by atoms with Crippen LogP contribution in [0.3, 0.4) is 0 Å². The number of hydrogen-bond donors (Lipinski definition) is 0. The predicted molar refractivity (Wildman–Crippen MR) is 80.0 cm³/mol. The van der Waals surface area contributed by atoms with Crippen LogP contribution in [0, 0.1) is 0 Å². The SMILES string of the molecule is CCCCOc1cc(C=C2CC2)nnc1OCCCC. The second-order valence-electron chi connectivity index (χ2n) is 5.15. The number of unbranched alkanes of at least 4 members (excludes halogenated alkanes) is 2. The van der Waals surface area contributed by atoms with Gasteiger partial charge in [-0.05, 0) is 31.8 Å². The third-order valence-corrected chi connectivity index (χ3v) is 3.13. The average Bonchev–Trinajstić information content (AvgIpc) is 3.25. The molecule has 20 heavy (non-hydrogen) atoms. The van der Waals surface area contributed by atoms with E-state index in [0.29, 0.717) is 19.1 Å². The van der Waals surface area contributed by atoms with E-state index < -0.39 is 0 Å². The first-order valence-corrected chi connectivity index (χ1v) is 7.66. The van der Waals surface area contributed by atoms with Crippen molar-refractivity contribution in [2.75, 3.05) is 13.2 Å². The van der Waals surface area contributed by atoms with E-state index in [2.05, 4.69) is 30.1 Å². The van der Waals surface area contributed by atoms with Gasteiger partial charge in [0.15, 0.2) is 5.75 Å². The Kier molecular flexibility index (Phi) is 5.84. The molecule has 0 amide bonds. The molecular weight excluding hydrogens is 252 g/mol. The fourth-order valence-electron chi connectivity index (χ4n) is 1.72. The molecule has 0 radical (unpaired) electrons. The van der Waals surface area contributed by atoms with Crippen molar-refractivity contribution in [1.82, 2.24) is 10.2 Å². The van der Waals surface area contributed by atoms with Crippen molar-refractivity contribution in [2.45, 2.75) is 52.4 Å². The molecule has 0 saturated heterocycles. The molecule has 1 aromatic heterocycles. The summed E-state index contributed by atoms with van der Waals surface area (Å²) in [7, 11) is 0. The highest BCUT2D eigenvalue weighted by Gasteiger charge is 2.14. The van der Waals surface area contributed by atoms with Gasteiger partial charge in [-0.2, -0.15) is 0 Å². The number of nitrogens with zero attached hydrogens (tertiary/aromatic N) is 2. The first-order chi connectivity index (χ1) is 9.83. The van der Waals surface area contributed by atoms with Gasteiger partial charge in [-0.1, -0.05) is 32.3 Å². The molecule has 1 aliphatic carbocycles. The van der Waals surface area contributed by atoms with Gasteiger partial charge in [0.2, 0.25) is 0 Å². The minimum Gasteiger partial charge on any atom is -0.488 e. The molecule has 0 N–H and O–H groups in total. The predicted octanol–water partition coefficient (Wildman–Crippen LogP) is 4.01. The summed E-state index contributed by atoms with van der Waals surface area (Å²) in [5, 5.41) is 8.36. The maximum absolute atomic E-state index is 5.79. The molecule has 0 atom stereocenters. The van der Waals surface area contributed by atoms with Gasteiger partial charge >= 0.3 is 0 Å². The van der Waals surface area contributed by atoms with E-state index in [1.807, 2.05) is 6.07 Å². The monoisotopic (exact) mass is 276 g/mol. The lowest BCUT2D eigenvalue weighted by molar-refractivity contribution is 0.250. The Labute approximate surface area is 121 Å². The Bertz CT molecular complexity index is 452. The molecule has 4 heteroatoms. The quantitative estimate of drug-likeness (QED) is 0.639. The summed E-state index contributed by atoms with van der Waals surface area (Å²) < 4.78 is 11.5. The van der Waals surface area contributed by atoms with Crippen molar-refractivity contribution in [2.24, 2.45) is 0 Å². The number of allylic oxidation sites excluding steroid dienone is 1. The highest BCUT2D eigenvalue weighted by molar-refractivity contribution is 5.55. The molecular formula is C16H24N2O2. The molecule has 0 aromatic carbocycles. The van der Waals surface area contributed by atoms with E-state index >= 15 is 0 Å². The third kappa shape index (κ3) is 4.83. The van der Waals surface area contributed by atoms with Crippen LogP contribution in [0.1, 0.15) is 58.1 Å². The molecule has 1 fully saturated rings. The largest absolute Gasteiger partial charge is 0.488 e. The van der Waals surface area contributed by atoms with E-state index in [1.165, 1.54) is 18.4 Å². The molecule has 110 valence electrons. The molecule has 2 rings (SSSR count). The lowest BCUT2D eigenvalue weighted by atomic mass is 10.3. The smallest absolute Gasteiger partial charge is 0.276 e. The van der Waals surface area contributed by atoms with Crippen LogP contribution in [-0.2, 0) is 0 Å². The summed E-state index contributed by atoms with van der Waals surface area (Å²) in [6.45, 7) is 5.65. The summed E-state index contributed by atoms with van der Waals surface area (Å²) in [5.74, 6) is 1.24. The van der Waals surface area contributed by atoms with Crippen molar-refractivity contribution in [3.05, 3.63) is 17.3 Å². The summed E-state index contributed by atoms with van der Waals surface area (Å²) in [5.41, 5.74) is 2.30. The van der Waals surface area contributed by atoms with Gasteiger partial charge in [-0.15, -0.1) is 10.2 Å². The number of ether oxygens (including phenoxy) is 2. The summed E-state index contributed by atoms with van der Waals surface area (Å²) in [6, 6.07) is 1.94. The van der Waals surface area contributed by atoms with Crippen molar-refractivity contribution in [1.29, 1.82) is 0 Å². The van der Waals surface area contributed by atoms with Crippen LogP contribution in [0.2, 0.25) is 0 Å². The van der Waals surface area contributed by atoms with Gasteiger partial charge in [0.05, 0.1) is 18.9 Å². The molecule has 0 unspecified atom stereocenters. The molecule has 1 aromatic rings. The Morgan fingerprint density at radius 1 is 1.05 bits per heavy atom. The zero-order valence-electron chi connectivity index (χ0n) is 12.5. The summed E-state index contributed by atoms with van der Waals surface area (Å²) in [6.07, 6.45) is 8.72. The summed E-state index contributed by atoms with van der Waals surface area (Å²) >= 11 is 0. The second kappa shape index (κ2) is 7.88. The fraction of sp³-hybridized carbons (Fsp3) is 0.625. The first kappa shape index (κ1) is 14.8. The zero-order chi connectivity index (χ0) is 14.2. The molecule has 1 aliphatic rings. The van der Waals surface area contributed by atoms with Gasteiger partial charge in [0, 0.05) is 6.07 Å². The maximum atomic E-state index is 5.79. The van der Waals surface area contributed by atoms with E-state index in [9.17, 15) is 0 Å². The van der Waals surface area contributed by atoms with Crippen LogP contribution in [-0.4, -0.2) is 23.4 Å². The van der Waals surface area contributed by atoms with Crippen LogP contribution in [0.15, 0.2) is 11.6 Å². The van der Waals surface area contributed by atoms with E-state index in [-0.39, 0.29) is 0 Å². The molecule has 0 bridgehead atoms. The minimum atomic E-state index is 0.521. The van der Waals surface area contributed by atoms with Crippen molar-refractivity contribution >= 4 is 6.08 Å². The Hall–Kier alpha value is -1.58. The fourth-order valence-corrected chi connectivity index (χ4v) is 1.72. The van der Waals surface area contributed by atoms with Gasteiger partial charge in [-0.25, -0.2) is 0 Å². The van der Waals surface area contributed by atoms with Crippen molar-refractivity contribution in [3.8, 4) is 11.6 Å². The lowest BCUT2D eigenvalue weighted by Crippen LogP contribution is -2.05. The Morgan fingerprint density at radius 2 is 1.75 bits per heavy atom. The van der Waals surface area contributed by atoms with Crippen LogP contribution in [0.25, 0.3) is 6.08 Å². The van der Waals surface area contributed by atoms with Crippen LogP contribution < -0.4 is 9.47 Å². The molecule has 0 aliphatic heterocycles. The lowest BCUT2D eigenvalue weighted by Gasteiger charge is -2.11.